The van der Waals surface area contributed by atoms with Gasteiger partial charge in [0.1, 0.15) is 30.0 Å². The van der Waals surface area contributed by atoms with Gasteiger partial charge in [0.25, 0.3) is 0 Å². The first kappa shape index (κ1) is 32.7. The summed E-state index contributed by atoms with van der Waals surface area (Å²) in [5.41, 5.74) is 0.414. The highest BCUT2D eigenvalue weighted by molar-refractivity contribution is 5.91. The lowest BCUT2D eigenvalue weighted by Gasteiger charge is -2.11. The van der Waals surface area contributed by atoms with E-state index in [1.165, 1.54) is 77.0 Å². The molecule has 2 aromatic carbocycles. The van der Waals surface area contributed by atoms with Crippen LogP contribution in [-0.4, -0.2) is 25.4 Å². The summed E-state index contributed by atoms with van der Waals surface area (Å²) in [6.45, 7) is 5.18. The molecule has 0 bridgehead atoms. The van der Waals surface area contributed by atoms with Crippen molar-refractivity contribution in [2.24, 2.45) is 0 Å². The summed E-state index contributed by atoms with van der Waals surface area (Å²) in [6.07, 6.45) is 17.9. The van der Waals surface area contributed by atoms with Crippen molar-refractivity contribution in [3.63, 3.8) is 0 Å². The largest absolute Gasteiger partial charge is 0.494 e. The number of benzene rings is 2. The second kappa shape index (κ2) is 21.3. The van der Waals surface area contributed by atoms with Crippen LogP contribution in [-0.2, 0) is 0 Å². The minimum absolute atomic E-state index is 0.0361. The zero-order valence-electron chi connectivity index (χ0n) is 24.4. The van der Waals surface area contributed by atoms with E-state index in [9.17, 15) is 9.18 Å². The van der Waals surface area contributed by atoms with E-state index in [4.69, 9.17) is 14.2 Å². The van der Waals surface area contributed by atoms with E-state index in [0.717, 1.165) is 25.0 Å². The first-order valence-electron chi connectivity index (χ1n) is 15.4. The van der Waals surface area contributed by atoms with Gasteiger partial charge in [0, 0.05) is 0 Å². The number of rotatable bonds is 23. The van der Waals surface area contributed by atoms with E-state index in [1.54, 1.807) is 36.4 Å². The lowest BCUT2D eigenvalue weighted by atomic mass is 10.1. The normalized spacial score (nSPS) is 11.8. The van der Waals surface area contributed by atoms with Gasteiger partial charge in [0.2, 0.25) is 0 Å². The molecule has 0 aliphatic heterocycles. The van der Waals surface area contributed by atoms with Gasteiger partial charge < -0.3 is 14.2 Å². The average molecular weight is 543 g/mol. The molecule has 1 atom stereocenters. The van der Waals surface area contributed by atoms with Crippen molar-refractivity contribution < 1.29 is 23.4 Å². The quantitative estimate of drug-likeness (QED) is 0.0796. The van der Waals surface area contributed by atoms with E-state index in [-0.39, 0.29) is 6.61 Å². The number of alkyl halides is 1. The van der Waals surface area contributed by atoms with E-state index in [0.29, 0.717) is 30.1 Å². The van der Waals surface area contributed by atoms with Gasteiger partial charge in [-0.05, 0) is 61.4 Å². The number of ether oxygens (including phenoxy) is 3. The molecular weight excluding hydrogens is 491 g/mol. The predicted octanol–water partition coefficient (Wildman–Crippen LogP) is 10.3. The predicted molar refractivity (Wildman–Crippen MR) is 159 cm³/mol. The smallest absolute Gasteiger partial charge is 0.343 e. The van der Waals surface area contributed by atoms with Gasteiger partial charge in [0.05, 0.1) is 12.2 Å². The van der Waals surface area contributed by atoms with E-state index in [2.05, 4.69) is 13.8 Å². The Morgan fingerprint density at radius 1 is 0.615 bits per heavy atom. The second-order valence-corrected chi connectivity index (χ2v) is 10.5. The number of hydrogen-bond acceptors (Lipinski definition) is 4. The zero-order valence-corrected chi connectivity index (χ0v) is 24.4. The van der Waals surface area contributed by atoms with E-state index < -0.39 is 12.1 Å². The van der Waals surface area contributed by atoms with Gasteiger partial charge in [-0.1, -0.05) is 104 Å². The van der Waals surface area contributed by atoms with Crippen LogP contribution in [0.5, 0.6) is 17.2 Å². The van der Waals surface area contributed by atoms with Gasteiger partial charge >= 0.3 is 5.97 Å². The molecule has 0 fully saturated rings. The fraction of sp³-hybridized carbons (Fsp3) is 0.618. The molecule has 4 nitrogen and oxygen atoms in total. The number of esters is 1. The van der Waals surface area contributed by atoms with E-state index in [1.807, 2.05) is 12.1 Å². The lowest BCUT2D eigenvalue weighted by Crippen LogP contribution is -2.13. The summed E-state index contributed by atoms with van der Waals surface area (Å²) in [6, 6.07) is 13.7. The Balaban J connectivity index is 1.58. The maximum absolute atomic E-state index is 14.2. The fourth-order valence-corrected chi connectivity index (χ4v) is 4.48. The fourth-order valence-electron chi connectivity index (χ4n) is 4.48. The summed E-state index contributed by atoms with van der Waals surface area (Å²) >= 11 is 0. The molecule has 2 rings (SSSR count). The molecule has 0 radical (unpaired) electrons. The van der Waals surface area contributed by atoms with Crippen LogP contribution in [0.3, 0.4) is 0 Å². The first-order valence-corrected chi connectivity index (χ1v) is 15.4. The van der Waals surface area contributed by atoms with Gasteiger partial charge in [-0.2, -0.15) is 0 Å². The van der Waals surface area contributed by atoms with Gasteiger partial charge in [0.15, 0.2) is 0 Å². The lowest BCUT2D eigenvalue weighted by molar-refractivity contribution is 0.0734. The van der Waals surface area contributed by atoms with Crippen LogP contribution < -0.4 is 14.2 Å². The molecule has 0 aromatic heterocycles. The summed E-state index contributed by atoms with van der Waals surface area (Å²) in [7, 11) is 0. The number of hydrogen-bond donors (Lipinski definition) is 0. The van der Waals surface area contributed by atoms with Crippen molar-refractivity contribution >= 4 is 5.97 Å². The third-order valence-corrected chi connectivity index (χ3v) is 6.94. The Morgan fingerprint density at radius 3 is 1.67 bits per heavy atom. The Hall–Kier alpha value is -2.56. The first-order chi connectivity index (χ1) is 19.1. The number of halogens is 1. The van der Waals surface area contributed by atoms with Crippen molar-refractivity contribution in [1.82, 2.24) is 0 Å². The minimum atomic E-state index is -0.975. The van der Waals surface area contributed by atoms with Crippen LogP contribution in [0.25, 0.3) is 0 Å². The average Bonchev–Trinajstić information content (AvgIpc) is 2.96. The van der Waals surface area contributed by atoms with Crippen LogP contribution in [0.4, 0.5) is 4.39 Å². The molecule has 0 saturated carbocycles. The maximum Gasteiger partial charge on any atom is 0.343 e. The minimum Gasteiger partial charge on any atom is -0.494 e. The van der Waals surface area contributed by atoms with Crippen molar-refractivity contribution in [3.8, 4) is 17.2 Å². The molecule has 0 spiro atoms. The SMILES string of the molecule is CCCCCCCCCCCCC(F)COc1ccc(C(=O)Oc2ccc(OCCCCCCC)cc2)cc1. The standard InChI is InChI=1S/C34H51FO4/c1-3-5-7-9-10-11-12-13-14-16-18-30(35)28-38-32-21-19-29(20-22-32)34(36)39-33-25-23-31(24-26-33)37-27-17-15-8-6-4-2/h19-26,30H,3-18,27-28H2,1-2H3. The monoisotopic (exact) mass is 542 g/mol. The Morgan fingerprint density at radius 2 is 1.08 bits per heavy atom. The molecule has 0 amide bonds. The number of carbonyl (C=O) groups excluding carboxylic acids is 1. The number of unbranched alkanes of at least 4 members (excludes halogenated alkanes) is 13. The summed E-state index contributed by atoms with van der Waals surface area (Å²) < 4.78 is 31.1. The van der Waals surface area contributed by atoms with Crippen molar-refractivity contribution in [3.05, 3.63) is 54.1 Å². The summed E-state index contributed by atoms with van der Waals surface area (Å²) in [4.78, 5) is 12.5. The molecular formula is C34H51FO4. The number of carbonyl (C=O) groups is 1. The third kappa shape index (κ3) is 15.6. The molecule has 5 heteroatoms. The van der Waals surface area contributed by atoms with Gasteiger partial charge in [-0.25, -0.2) is 9.18 Å². The molecule has 1 unspecified atom stereocenters. The molecule has 2 aromatic rings. The van der Waals surface area contributed by atoms with Crippen LogP contribution in [0, 0.1) is 0 Å². The molecule has 0 heterocycles. The van der Waals surface area contributed by atoms with Crippen LogP contribution in [0.2, 0.25) is 0 Å². The zero-order chi connectivity index (χ0) is 28.0. The molecule has 39 heavy (non-hydrogen) atoms. The summed E-state index contributed by atoms with van der Waals surface area (Å²) in [5, 5.41) is 0. The molecule has 0 aliphatic carbocycles. The van der Waals surface area contributed by atoms with Crippen molar-refractivity contribution in [1.29, 1.82) is 0 Å². The highest BCUT2D eigenvalue weighted by Gasteiger charge is 2.11. The summed E-state index contributed by atoms with van der Waals surface area (Å²) in [5.74, 6) is 1.33. The van der Waals surface area contributed by atoms with Crippen LogP contribution in [0.15, 0.2) is 48.5 Å². The van der Waals surface area contributed by atoms with Crippen molar-refractivity contribution in [2.75, 3.05) is 13.2 Å². The van der Waals surface area contributed by atoms with Gasteiger partial charge in [-0.15, -0.1) is 0 Å². The highest BCUT2D eigenvalue weighted by Crippen LogP contribution is 2.21. The Bertz CT molecular complexity index is 866. The maximum atomic E-state index is 14.2. The van der Waals surface area contributed by atoms with Gasteiger partial charge in [-0.3, -0.25) is 0 Å². The molecule has 0 aliphatic rings. The van der Waals surface area contributed by atoms with Crippen LogP contribution >= 0.6 is 0 Å². The topological polar surface area (TPSA) is 44.8 Å². The van der Waals surface area contributed by atoms with Crippen molar-refractivity contribution in [2.45, 2.75) is 123 Å². The molecule has 0 saturated heterocycles. The second-order valence-electron chi connectivity index (χ2n) is 10.5. The highest BCUT2D eigenvalue weighted by atomic mass is 19.1. The van der Waals surface area contributed by atoms with E-state index >= 15 is 0 Å². The van der Waals surface area contributed by atoms with Crippen LogP contribution in [0.1, 0.15) is 127 Å². The Kier molecular flexibility index (Phi) is 17.8. The molecule has 218 valence electrons. The molecule has 0 N–H and O–H groups in total. The Labute approximate surface area is 236 Å². The third-order valence-electron chi connectivity index (χ3n) is 6.94.